The van der Waals surface area contributed by atoms with Crippen LogP contribution in [0.4, 0.5) is 5.69 Å². The van der Waals surface area contributed by atoms with Crippen molar-refractivity contribution in [1.82, 2.24) is 0 Å². The molecule has 0 atom stereocenters. The number of anilines is 1. The van der Waals surface area contributed by atoms with Crippen LogP contribution in [-0.2, 0) is 4.79 Å². The van der Waals surface area contributed by atoms with Crippen molar-refractivity contribution in [3.8, 4) is 17.2 Å². The average Bonchev–Trinajstić information content (AvgIpc) is 2.61. The standard InChI is InChI=1S/C18H19NO5/c1-4-17(20)24-14-8-5-12(6-9-14)18(21)19-13-7-10-15(22-2)16(11-13)23-3/h5-11H,4H2,1-3H3,(H,19,21). The van der Waals surface area contributed by atoms with Crippen LogP contribution in [0, 0.1) is 0 Å². The number of hydrogen-bond acceptors (Lipinski definition) is 5. The molecule has 0 heterocycles. The molecule has 6 nitrogen and oxygen atoms in total. The van der Waals surface area contributed by atoms with E-state index in [9.17, 15) is 9.59 Å². The number of hydrogen-bond donors (Lipinski definition) is 1. The number of methoxy groups -OCH3 is 2. The Labute approximate surface area is 140 Å². The monoisotopic (exact) mass is 329 g/mol. The molecule has 1 N–H and O–H groups in total. The molecule has 2 aromatic rings. The highest BCUT2D eigenvalue weighted by molar-refractivity contribution is 6.04. The predicted octanol–water partition coefficient (Wildman–Crippen LogP) is 3.27. The van der Waals surface area contributed by atoms with Gasteiger partial charge < -0.3 is 19.5 Å². The molecule has 0 aromatic heterocycles. The van der Waals surface area contributed by atoms with Crippen LogP contribution in [0.25, 0.3) is 0 Å². The van der Waals surface area contributed by atoms with Crippen molar-refractivity contribution >= 4 is 17.6 Å². The van der Waals surface area contributed by atoms with Gasteiger partial charge in [-0.15, -0.1) is 0 Å². The van der Waals surface area contributed by atoms with Gasteiger partial charge in [-0.05, 0) is 36.4 Å². The second kappa shape index (κ2) is 8.01. The molecular weight excluding hydrogens is 310 g/mol. The summed E-state index contributed by atoms with van der Waals surface area (Å²) in [6.07, 6.45) is 0.293. The van der Waals surface area contributed by atoms with Gasteiger partial charge in [-0.25, -0.2) is 0 Å². The van der Waals surface area contributed by atoms with Crippen molar-refractivity contribution in [3.05, 3.63) is 48.0 Å². The van der Waals surface area contributed by atoms with Crippen molar-refractivity contribution in [2.45, 2.75) is 13.3 Å². The minimum atomic E-state index is -0.322. The highest BCUT2D eigenvalue weighted by Gasteiger charge is 2.10. The molecule has 0 fully saturated rings. The van der Waals surface area contributed by atoms with Crippen LogP contribution >= 0.6 is 0 Å². The second-order valence-corrected chi connectivity index (χ2v) is 4.88. The number of benzene rings is 2. The van der Waals surface area contributed by atoms with Crippen molar-refractivity contribution in [1.29, 1.82) is 0 Å². The van der Waals surface area contributed by atoms with E-state index in [2.05, 4.69) is 5.32 Å². The smallest absolute Gasteiger partial charge is 0.310 e. The zero-order valence-corrected chi connectivity index (χ0v) is 13.8. The largest absolute Gasteiger partial charge is 0.493 e. The Morgan fingerprint density at radius 3 is 2.21 bits per heavy atom. The molecular formula is C18H19NO5. The second-order valence-electron chi connectivity index (χ2n) is 4.88. The zero-order valence-electron chi connectivity index (χ0n) is 13.8. The lowest BCUT2D eigenvalue weighted by Gasteiger charge is -2.11. The molecule has 6 heteroatoms. The first-order valence-electron chi connectivity index (χ1n) is 7.41. The van der Waals surface area contributed by atoms with Gasteiger partial charge in [-0.2, -0.15) is 0 Å². The van der Waals surface area contributed by atoms with E-state index < -0.39 is 0 Å². The average molecular weight is 329 g/mol. The van der Waals surface area contributed by atoms with Gasteiger partial charge in [0.2, 0.25) is 0 Å². The minimum Gasteiger partial charge on any atom is -0.493 e. The molecule has 0 spiro atoms. The minimum absolute atomic E-state index is 0.282. The summed E-state index contributed by atoms with van der Waals surface area (Å²) in [7, 11) is 3.07. The van der Waals surface area contributed by atoms with Gasteiger partial charge in [0, 0.05) is 23.7 Å². The number of nitrogens with one attached hydrogen (secondary N) is 1. The van der Waals surface area contributed by atoms with Crippen LogP contribution in [0.15, 0.2) is 42.5 Å². The molecule has 24 heavy (non-hydrogen) atoms. The number of carbonyl (C=O) groups is 2. The third-order valence-electron chi connectivity index (χ3n) is 3.28. The quantitative estimate of drug-likeness (QED) is 0.650. The Morgan fingerprint density at radius 1 is 0.958 bits per heavy atom. The fourth-order valence-electron chi connectivity index (χ4n) is 2.00. The van der Waals surface area contributed by atoms with Gasteiger partial charge >= 0.3 is 5.97 Å². The molecule has 0 aliphatic rings. The fourth-order valence-corrected chi connectivity index (χ4v) is 2.00. The highest BCUT2D eigenvalue weighted by atomic mass is 16.5. The van der Waals surface area contributed by atoms with E-state index in [1.165, 1.54) is 7.11 Å². The van der Waals surface area contributed by atoms with E-state index in [1.54, 1.807) is 56.5 Å². The van der Waals surface area contributed by atoms with Crippen LogP contribution in [-0.4, -0.2) is 26.1 Å². The summed E-state index contributed by atoms with van der Waals surface area (Å²) < 4.78 is 15.4. The molecule has 0 aliphatic carbocycles. The Balaban J connectivity index is 2.08. The van der Waals surface area contributed by atoms with Crippen LogP contribution in [0.5, 0.6) is 17.2 Å². The van der Waals surface area contributed by atoms with Crippen LogP contribution in [0.1, 0.15) is 23.7 Å². The first kappa shape index (κ1) is 17.3. The molecule has 0 unspecified atom stereocenters. The molecule has 0 saturated carbocycles. The summed E-state index contributed by atoms with van der Waals surface area (Å²) in [6, 6.07) is 11.4. The van der Waals surface area contributed by atoms with E-state index >= 15 is 0 Å². The summed E-state index contributed by atoms with van der Waals surface area (Å²) >= 11 is 0. The first-order valence-corrected chi connectivity index (χ1v) is 7.41. The highest BCUT2D eigenvalue weighted by Crippen LogP contribution is 2.30. The topological polar surface area (TPSA) is 73.9 Å². The Kier molecular flexibility index (Phi) is 5.78. The number of amides is 1. The maximum Gasteiger partial charge on any atom is 0.310 e. The van der Waals surface area contributed by atoms with Gasteiger partial charge in [0.1, 0.15) is 5.75 Å². The number of rotatable bonds is 6. The molecule has 126 valence electrons. The van der Waals surface area contributed by atoms with Crippen molar-refractivity contribution < 1.29 is 23.8 Å². The first-order chi connectivity index (χ1) is 11.6. The van der Waals surface area contributed by atoms with Gasteiger partial charge in [0.05, 0.1) is 14.2 Å². The van der Waals surface area contributed by atoms with Gasteiger partial charge in [0.15, 0.2) is 11.5 Å². The van der Waals surface area contributed by atoms with E-state index in [-0.39, 0.29) is 11.9 Å². The third-order valence-corrected chi connectivity index (χ3v) is 3.28. The van der Waals surface area contributed by atoms with Crippen molar-refractivity contribution in [2.75, 3.05) is 19.5 Å². The predicted molar refractivity (Wildman–Crippen MR) is 89.9 cm³/mol. The van der Waals surface area contributed by atoms with Crippen molar-refractivity contribution in [2.24, 2.45) is 0 Å². The normalized spacial score (nSPS) is 9.96. The molecule has 1 amide bonds. The summed E-state index contributed by atoms with van der Waals surface area (Å²) in [6.45, 7) is 1.72. The van der Waals surface area contributed by atoms with E-state index in [1.807, 2.05) is 0 Å². The van der Waals surface area contributed by atoms with E-state index in [4.69, 9.17) is 14.2 Å². The van der Waals surface area contributed by atoms with Crippen LogP contribution in [0.3, 0.4) is 0 Å². The number of carbonyl (C=O) groups excluding carboxylic acids is 2. The number of ether oxygens (including phenoxy) is 3. The molecule has 0 saturated heterocycles. The summed E-state index contributed by atoms with van der Waals surface area (Å²) in [5.41, 5.74) is 1.03. The maximum absolute atomic E-state index is 12.3. The Bertz CT molecular complexity index is 725. The molecule has 0 bridgehead atoms. The lowest BCUT2D eigenvalue weighted by Crippen LogP contribution is -2.12. The van der Waals surface area contributed by atoms with E-state index in [0.717, 1.165) is 0 Å². The Morgan fingerprint density at radius 2 is 1.62 bits per heavy atom. The maximum atomic E-state index is 12.3. The SMILES string of the molecule is CCC(=O)Oc1ccc(C(=O)Nc2ccc(OC)c(OC)c2)cc1. The number of esters is 1. The van der Waals surface area contributed by atoms with Crippen LogP contribution < -0.4 is 19.5 Å². The van der Waals surface area contributed by atoms with Gasteiger partial charge in [-0.3, -0.25) is 9.59 Å². The summed E-state index contributed by atoms with van der Waals surface area (Å²) in [5.74, 6) is 0.910. The zero-order chi connectivity index (χ0) is 17.5. The molecule has 0 aliphatic heterocycles. The van der Waals surface area contributed by atoms with Gasteiger partial charge in [-0.1, -0.05) is 6.92 Å². The van der Waals surface area contributed by atoms with E-state index in [0.29, 0.717) is 34.9 Å². The fraction of sp³-hybridized carbons (Fsp3) is 0.222. The van der Waals surface area contributed by atoms with Crippen LogP contribution in [0.2, 0.25) is 0 Å². The lowest BCUT2D eigenvalue weighted by atomic mass is 10.2. The van der Waals surface area contributed by atoms with Gasteiger partial charge in [0.25, 0.3) is 5.91 Å². The Hall–Kier alpha value is -3.02. The lowest BCUT2D eigenvalue weighted by molar-refractivity contribution is -0.134. The third kappa shape index (κ3) is 4.25. The molecule has 2 aromatic carbocycles. The molecule has 0 radical (unpaired) electrons. The summed E-state index contributed by atoms with van der Waals surface area (Å²) in [4.78, 5) is 23.5. The molecule has 2 rings (SSSR count). The summed E-state index contributed by atoms with van der Waals surface area (Å²) in [5, 5.41) is 2.77. The van der Waals surface area contributed by atoms with Crippen molar-refractivity contribution in [3.63, 3.8) is 0 Å².